The van der Waals surface area contributed by atoms with Crippen LogP contribution in [0.3, 0.4) is 0 Å². The summed E-state index contributed by atoms with van der Waals surface area (Å²) < 4.78 is 29.3. The van der Waals surface area contributed by atoms with E-state index in [9.17, 15) is 8.78 Å². The van der Waals surface area contributed by atoms with Crippen molar-refractivity contribution in [1.82, 2.24) is 4.98 Å². The molecule has 0 amide bonds. The normalized spacial score (nSPS) is 11.1. The number of hydrogen-bond acceptors (Lipinski definition) is 3. The van der Waals surface area contributed by atoms with Crippen molar-refractivity contribution in [1.29, 1.82) is 0 Å². The number of alkyl halides is 2. The van der Waals surface area contributed by atoms with E-state index in [1.807, 2.05) is 6.92 Å². The molecule has 0 atom stereocenters. The molecule has 1 aromatic carbocycles. The summed E-state index contributed by atoms with van der Waals surface area (Å²) >= 11 is 0. The molecule has 0 fully saturated rings. The minimum atomic E-state index is -2.49. The lowest BCUT2D eigenvalue weighted by Crippen LogP contribution is -2.07. The summed E-state index contributed by atoms with van der Waals surface area (Å²) in [7, 11) is 0. The smallest absolute Gasteiger partial charge is 0.272 e. The Labute approximate surface area is 97.2 Å². The van der Waals surface area contributed by atoms with Crippen LogP contribution in [0.2, 0.25) is 0 Å². The van der Waals surface area contributed by atoms with Gasteiger partial charge in [0.25, 0.3) is 6.43 Å². The van der Waals surface area contributed by atoms with Gasteiger partial charge in [0.15, 0.2) is 0 Å². The van der Waals surface area contributed by atoms with Crippen LogP contribution < -0.4 is 10.5 Å². The fraction of sp³-hybridized carbons (Fsp3) is 0.250. The van der Waals surface area contributed by atoms with Crippen molar-refractivity contribution in [2.75, 3.05) is 12.3 Å². The molecule has 1 aromatic heterocycles. The number of aromatic nitrogens is 1. The van der Waals surface area contributed by atoms with E-state index in [4.69, 9.17) is 10.5 Å². The molecule has 0 saturated carbocycles. The highest BCUT2D eigenvalue weighted by Gasteiger charge is 2.09. The van der Waals surface area contributed by atoms with Crippen LogP contribution in [0, 0.1) is 6.92 Å². The zero-order valence-corrected chi connectivity index (χ0v) is 9.28. The molecule has 0 spiro atoms. The largest absolute Gasteiger partial charge is 0.487 e. The lowest BCUT2D eigenvalue weighted by Gasteiger charge is -2.10. The molecule has 0 aliphatic rings. The Balaban J connectivity index is 2.48. The summed E-state index contributed by atoms with van der Waals surface area (Å²) in [5.74, 6) is 0.403. The van der Waals surface area contributed by atoms with E-state index in [0.29, 0.717) is 22.2 Å². The molecule has 2 rings (SSSR count). The summed E-state index contributed by atoms with van der Waals surface area (Å²) in [6.45, 7) is 1.19. The number of ether oxygens (including phenoxy) is 1. The number of hydrogen-bond donors (Lipinski definition) is 1. The molecule has 0 saturated heterocycles. The number of fused-ring (bicyclic) bond motifs is 1. The van der Waals surface area contributed by atoms with Gasteiger partial charge in [0, 0.05) is 28.4 Å². The van der Waals surface area contributed by atoms with Crippen LogP contribution in [0.4, 0.5) is 14.5 Å². The first kappa shape index (κ1) is 11.6. The van der Waals surface area contributed by atoms with Crippen LogP contribution in [0.15, 0.2) is 24.4 Å². The zero-order valence-electron chi connectivity index (χ0n) is 9.28. The third-order valence-electron chi connectivity index (χ3n) is 2.40. The first-order valence-corrected chi connectivity index (χ1v) is 5.13. The predicted molar refractivity (Wildman–Crippen MR) is 62.4 cm³/mol. The minimum absolute atomic E-state index is 0.403. The number of nitrogen functional groups attached to an aromatic ring is 1. The highest BCUT2D eigenvalue weighted by molar-refractivity contribution is 5.96. The number of halogens is 2. The molecule has 3 nitrogen and oxygen atoms in total. The Hall–Kier alpha value is -1.91. The number of aryl methyl sites for hydroxylation is 1. The zero-order chi connectivity index (χ0) is 12.4. The second kappa shape index (κ2) is 4.53. The average Bonchev–Trinajstić information content (AvgIpc) is 2.28. The molecule has 17 heavy (non-hydrogen) atoms. The monoisotopic (exact) mass is 238 g/mol. The number of benzene rings is 1. The average molecular weight is 238 g/mol. The molecule has 5 heteroatoms. The molecule has 90 valence electrons. The van der Waals surface area contributed by atoms with E-state index >= 15 is 0 Å². The minimum Gasteiger partial charge on any atom is -0.487 e. The van der Waals surface area contributed by atoms with Gasteiger partial charge in [-0.1, -0.05) is 0 Å². The standard InChI is InChI=1S/C12H12F2N2O/c1-7-4-8-9(5-16-7)10(15)2-3-11(8)17-6-12(13)14/h2-5,12H,6,15H2,1H3. The van der Waals surface area contributed by atoms with Crippen molar-refractivity contribution >= 4 is 16.5 Å². The molecule has 2 aromatic rings. The molecule has 0 unspecified atom stereocenters. The van der Waals surface area contributed by atoms with Gasteiger partial charge in [-0.05, 0) is 25.1 Å². The number of nitrogens with zero attached hydrogens (tertiary/aromatic N) is 1. The maximum Gasteiger partial charge on any atom is 0.272 e. The van der Waals surface area contributed by atoms with Crippen molar-refractivity contribution < 1.29 is 13.5 Å². The van der Waals surface area contributed by atoms with Crippen LogP contribution in [0.1, 0.15) is 5.69 Å². The molecule has 0 aliphatic carbocycles. The Kier molecular flexibility index (Phi) is 3.08. The van der Waals surface area contributed by atoms with Gasteiger partial charge in [-0.25, -0.2) is 8.78 Å². The van der Waals surface area contributed by atoms with Gasteiger partial charge in [-0.15, -0.1) is 0 Å². The van der Waals surface area contributed by atoms with Crippen LogP contribution in [-0.2, 0) is 0 Å². The summed E-state index contributed by atoms with van der Waals surface area (Å²) in [6, 6.07) is 4.99. The first-order chi connectivity index (χ1) is 8.08. The molecular weight excluding hydrogens is 226 g/mol. The van der Waals surface area contributed by atoms with Gasteiger partial charge in [0.2, 0.25) is 0 Å². The summed E-state index contributed by atoms with van der Waals surface area (Å²) in [6.07, 6.45) is -0.875. The lowest BCUT2D eigenvalue weighted by molar-refractivity contribution is 0.0827. The Morgan fingerprint density at radius 2 is 2.12 bits per heavy atom. The van der Waals surface area contributed by atoms with Gasteiger partial charge in [-0.2, -0.15) is 0 Å². The third-order valence-corrected chi connectivity index (χ3v) is 2.40. The van der Waals surface area contributed by atoms with Gasteiger partial charge in [0.05, 0.1) is 0 Å². The molecule has 0 bridgehead atoms. The second-order valence-electron chi connectivity index (χ2n) is 3.73. The first-order valence-electron chi connectivity index (χ1n) is 5.13. The number of pyridine rings is 1. The van der Waals surface area contributed by atoms with E-state index in [1.54, 1.807) is 24.4 Å². The molecule has 0 radical (unpaired) electrons. The number of nitrogens with two attached hydrogens (primary N) is 1. The summed E-state index contributed by atoms with van der Waals surface area (Å²) in [4.78, 5) is 4.12. The van der Waals surface area contributed by atoms with E-state index in [0.717, 1.165) is 5.69 Å². The highest BCUT2D eigenvalue weighted by atomic mass is 19.3. The van der Waals surface area contributed by atoms with E-state index in [2.05, 4.69) is 4.98 Å². The fourth-order valence-corrected chi connectivity index (χ4v) is 1.62. The quantitative estimate of drug-likeness (QED) is 0.836. The Morgan fingerprint density at radius 3 is 2.82 bits per heavy atom. The maximum absolute atomic E-state index is 12.1. The third kappa shape index (κ3) is 2.43. The van der Waals surface area contributed by atoms with E-state index in [-0.39, 0.29) is 0 Å². The predicted octanol–water partition coefficient (Wildman–Crippen LogP) is 2.77. The number of rotatable bonds is 3. The maximum atomic E-state index is 12.1. The van der Waals surface area contributed by atoms with Crippen LogP contribution in [0.25, 0.3) is 10.8 Å². The van der Waals surface area contributed by atoms with Gasteiger partial charge in [0.1, 0.15) is 12.4 Å². The highest BCUT2D eigenvalue weighted by Crippen LogP contribution is 2.30. The van der Waals surface area contributed by atoms with Crippen molar-refractivity contribution in [3.05, 3.63) is 30.1 Å². The van der Waals surface area contributed by atoms with Crippen LogP contribution in [-0.4, -0.2) is 18.0 Å². The van der Waals surface area contributed by atoms with Gasteiger partial charge < -0.3 is 10.5 Å². The Morgan fingerprint density at radius 1 is 1.35 bits per heavy atom. The summed E-state index contributed by atoms with van der Waals surface area (Å²) in [5.41, 5.74) is 7.12. The van der Waals surface area contributed by atoms with Gasteiger partial charge in [-0.3, -0.25) is 4.98 Å². The second-order valence-corrected chi connectivity index (χ2v) is 3.73. The molecule has 0 aliphatic heterocycles. The van der Waals surface area contributed by atoms with Crippen molar-refractivity contribution in [3.63, 3.8) is 0 Å². The van der Waals surface area contributed by atoms with Crippen LogP contribution >= 0.6 is 0 Å². The molecule has 2 N–H and O–H groups in total. The van der Waals surface area contributed by atoms with Crippen molar-refractivity contribution in [2.45, 2.75) is 13.3 Å². The Bertz CT molecular complexity index is 543. The molecular formula is C12H12F2N2O. The van der Waals surface area contributed by atoms with Gasteiger partial charge >= 0.3 is 0 Å². The molecule has 1 heterocycles. The lowest BCUT2D eigenvalue weighted by atomic mass is 10.1. The van der Waals surface area contributed by atoms with Crippen molar-refractivity contribution in [3.8, 4) is 5.75 Å². The SMILES string of the molecule is Cc1cc2c(OCC(F)F)ccc(N)c2cn1. The topological polar surface area (TPSA) is 48.1 Å². The number of anilines is 1. The van der Waals surface area contributed by atoms with E-state index in [1.165, 1.54) is 0 Å². The summed E-state index contributed by atoms with van der Waals surface area (Å²) in [5, 5.41) is 1.42. The van der Waals surface area contributed by atoms with Crippen LogP contribution in [0.5, 0.6) is 5.75 Å². The van der Waals surface area contributed by atoms with Crippen molar-refractivity contribution in [2.24, 2.45) is 0 Å². The fourth-order valence-electron chi connectivity index (χ4n) is 1.62. The van der Waals surface area contributed by atoms with E-state index < -0.39 is 13.0 Å².